The van der Waals surface area contributed by atoms with E-state index in [4.69, 9.17) is 4.99 Å². The molecule has 2 fully saturated rings. The van der Waals surface area contributed by atoms with Gasteiger partial charge in [0.25, 0.3) is 0 Å². The molecule has 2 aliphatic heterocycles. The zero-order valence-corrected chi connectivity index (χ0v) is 16.7. The lowest BCUT2D eigenvalue weighted by Gasteiger charge is -2.27. The van der Waals surface area contributed by atoms with Crippen LogP contribution in [-0.4, -0.2) is 71.6 Å². The third-order valence-electron chi connectivity index (χ3n) is 4.54. The van der Waals surface area contributed by atoms with E-state index in [0.717, 1.165) is 57.8 Å². The van der Waals surface area contributed by atoms with Crippen LogP contribution in [0.1, 0.15) is 46.0 Å². The summed E-state index contributed by atoms with van der Waals surface area (Å²) in [6, 6.07) is 0.311. The number of hydrogen-bond donors (Lipinski definition) is 2. The molecular weight excluding hydrogens is 407 g/mol. The predicted octanol–water partition coefficient (Wildman–Crippen LogP) is 1.43. The Hall–Kier alpha value is -0.570. The van der Waals surface area contributed by atoms with Gasteiger partial charge in [0, 0.05) is 45.2 Å². The van der Waals surface area contributed by atoms with Crippen molar-refractivity contribution in [2.45, 2.75) is 58.1 Å². The van der Waals surface area contributed by atoms with Gasteiger partial charge < -0.3 is 20.2 Å². The van der Waals surface area contributed by atoms with Crippen molar-refractivity contribution in [3.63, 3.8) is 0 Å². The van der Waals surface area contributed by atoms with Gasteiger partial charge in [-0.1, -0.05) is 6.92 Å². The minimum atomic E-state index is -0.241. The van der Waals surface area contributed by atoms with Gasteiger partial charge in [-0.25, -0.2) is 0 Å². The first-order chi connectivity index (χ1) is 10.7. The first-order valence-electron chi connectivity index (χ1n) is 8.66. The van der Waals surface area contributed by atoms with Crippen molar-refractivity contribution < 1.29 is 9.90 Å². The molecule has 0 aromatic rings. The van der Waals surface area contributed by atoms with Crippen molar-refractivity contribution in [2.24, 2.45) is 4.99 Å². The highest BCUT2D eigenvalue weighted by Crippen LogP contribution is 2.18. The van der Waals surface area contributed by atoms with Crippen molar-refractivity contribution >= 4 is 35.8 Å². The topological polar surface area (TPSA) is 68.2 Å². The summed E-state index contributed by atoms with van der Waals surface area (Å²) in [6.45, 7) is 8.16. The Morgan fingerprint density at radius 2 is 2.22 bits per heavy atom. The van der Waals surface area contributed by atoms with Crippen LogP contribution in [0.2, 0.25) is 0 Å². The second-order valence-electron chi connectivity index (χ2n) is 6.17. The molecule has 1 unspecified atom stereocenters. The molecule has 6 nitrogen and oxygen atoms in total. The predicted molar refractivity (Wildman–Crippen MR) is 103 cm³/mol. The monoisotopic (exact) mass is 438 g/mol. The van der Waals surface area contributed by atoms with Crippen LogP contribution in [0, 0.1) is 0 Å². The fraction of sp³-hybridized carbons (Fsp3) is 0.875. The quantitative estimate of drug-likeness (QED) is 0.374. The molecule has 23 heavy (non-hydrogen) atoms. The Kier molecular flexibility index (Phi) is 9.19. The normalized spacial score (nSPS) is 23.2. The van der Waals surface area contributed by atoms with Gasteiger partial charge in [-0.15, -0.1) is 24.0 Å². The number of amides is 1. The van der Waals surface area contributed by atoms with Crippen molar-refractivity contribution in [1.29, 1.82) is 0 Å². The summed E-state index contributed by atoms with van der Waals surface area (Å²) < 4.78 is 0. The number of carbonyl (C=O) groups excluding carboxylic acids is 1. The first kappa shape index (κ1) is 20.5. The van der Waals surface area contributed by atoms with E-state index in [2.05, 4.69) is 24.1 Å². The zero-order chi connectivity index (χ0) is 15.9. The number of carbonyl (C=O) groups is 1. The summed E-state index contributed by atoms with van der Waals surface area (Å²) in [4.78, 5) is 20.7. The molecule has 2 atom stereocenters. The lowest BCUT2D eigenvalue weighted by molar-refractivity contribution is -0.129. The highest BCUT2D eigenvalue weighted by molar-refractivity contribution is 14.0. The van der Waals surface area contributed by atoms with Gasteiger partial charge in [-0.3, -0.25) is 9.79 Å². The van der Waals surface area contributed by atoms with Crippen molar-refractivity contribution in [1.82, 2.24) is 15.1 Å². The second kappa shape index (κ2) is 10.3. The van der Waals surface area contributed by atoms with E-state index in [1.807, 2.05) is 4.90 Å². The largest absolute Gasteiger partial charge is 0.391 e. The number of guanidine groups is 1. The molecule has 2 rings (SSSR count). The number of aliphatic imine (C=N–C) groups is 1. The second-order valence-corrected chi connectivity index (χ2v) is 6.17. The van der Waals surface area contributed by atoms with Crippen LogP contribution in [0.3, 0.4) is 0 Å². The Labute approximate surface area is 156 Å². The molecule has 7 heteroatoms. The smallest absolute Gasteiger partial charge is 0.222 e. The minimum absolute atomic E-state index is 0. The van der Waals surface area contributed by atoms with Gasteiger partial charge in [0.05, 0.1) is 6.10 Å². The molecule has 2 saturated heterocycles. The van der Waals surface area contributed by atoms with Crippen molar-refractivity contribution in [2.75, 3.05) is 32.7 Å². The summed E-state index contributed by atoms with van der Waals surface area (Å²) >= 11 is 0. The fourth-order valence-corrected chi connectivity index (χ4v) is 3.31. The number of nitrogens with one attached hydrogen (secondary N) is 1. The summed E-state index contributed by atoms with van der Waals surface area (Å²) in [6.07, 6.45) is 4.16. The average Bonchev–Trinajstić information content (AvgIpc) is 3.11. The van der Waals surface area contributed by atoms with Gasteiger partial charge in [0.15, 0.2) is 5.96 Å². The molecule has 2 aliphatic rings. The molecular formula is C16H31IN4O2. The van der Waals surface area contributed by atoms with E-state index in [0.29, 0.717) is 24.9 Å². The van der Waals surface area contributed by atoms with Gasteiger partial charge >= 0.3 is 0 Å². The van der Waals surface area contributed by atoms with E-state index in [1.165, 1.54) is 0 Å². The zero-order valence-electron chi connectivity index (χ0n) is 14.3. The number of β-amino-alcohol motifs (C(OH)–C–C–N with tert-alkyl or cyclic N) is 1. The molecule has 0 aromatic heterocycles. The lowest BCUT2D eigenvalue weighted by atomic mass is 10.1. The third-order valence-corrected chi connectivity index (χ3v) is 4.54. The Morgan fingerprint density at radius 3 is 2.74 bits per heavy atom. The Morgan fingerprint density at radius 1 is 1.43 bits per heavy atom. The summed E-state index contributed by atoms with van der Waals surface area (Å²) in [7, 11) is 0. The highest BCUT2D eigenvalue weighted by Gasteiger charge is 2.27. The molecule has 0 spiro atoms. The van der Waals surface area contributed by atoms with Crippen LogP contribution in [-0.2, 0) is 4.79 Å². The van der Waals surface area contributed by atoms with E-state index in [9.17, 15) is 9.90 Å². The van der Waals surface area contributed by atoms with Crippen LogP contribution in [0.4, 0.5) is 0 Å². The standard InChI is InChI=1S/C16H30N4O2.HI/c1-3-13(20-10-5-6-15(20)22)7-9-18-16(17-4-2)19-11-8-14(21)12-19;/h13-14,21H,3-12H2,1-2H3,(H,17,18);1H/t13?,14-;/m1./s1. The third kappa shape index (κ3) is 5.77. The molecule has 2 N–H and O–H groups in total. The molecule has 0 bridgehead atoms. The van der Waals surface area contributed by atoms with E-state index in [1.54, 1.807) is 0 Å². The Bertz CT molecular complexity index is 406. The summed E-state index contributed by atoms with van der Waals surface area (Å²) in [5.74, 6) is 1.19. The maximum Gasteiger partial charge on any atom is 0.222 e. The average molecular weight is 438 g/mol. The van der Waals surface area contributed by atoms with Gasteiger partial charge in [-0.2, -0.15) is 0 Å². The number of nitrogens with zero attached hydrogens (tertiary/aromatic N) is 3. The minimum Gasteiger partial charge on any atom is -0.391 e. The molecule has 0 saturated carbocycles. The maximum absolute atomic E-state index is 11.9. The molecule has 0 aromatic carbocycles. The molecule has 1 amide bonds. The fourth-order valence-electron chi connectivity index (χ4n) is 3.31. The lowest BCUT2D eigenvalue weighted by Crippen LogP contribution is -2.41. The SMILES string of the molecule is CCNC(=NCCC(CC)N1CCCC1=O)N1CC[C@@H](O)C1.I. The van der Waals surface area contributed by atoms with E-state index >= 15 is 0 Å². The number of aliphatic hydroxyl groups excluding tert-OH is 1. The van der Waals surface area contributed by atoms with Crippen LogP contribution >= 0.6 is 24.0 Å². The maximum atomic E-state index is 11.9. The summed E-state index contributed by atoms with van der Waals surface area (Å²) in [5.41, 5.74) is 0. The van der Waals surface area contributed by atoms with Crippen LogP contribution in [0.15, 0.2) is 4.99 Å². The molecule has 0 radical (unpaired) electrons. The molecule has 134 valence electrons. The van der Waals surface area contributed by atoms with Crippen LogP contribution in [0.5, 0.6) is 0 Å². The highest BCUT2D eigenvalue weighted by atomic mass is 127. The van der Waals surface area contributed by atoms with Gasteiger partial charge in [-0.05, 0) is 32.6 Å². The number of hydrogen-bond acceptors (Lipinski definition) is 3. The molecule has 2 heterocycles. The summed E-state index contributed by atoms with van der Waals surface area (Å²) in [5, 5.41) is 13.0. The Balaban J connectivity index is 0.00000264. The molecule has 0 aliphatic carbocycles. The number of halogens is 1. The van der Waals surface area contributed by atoms with Crippen molar-refractivity contribution in [3.05, 3.63) is 0 Å². The number of likely N-dealkylation sites (tertiary alicyclic amines) is 2. The van der Waals surface area contributed by atoms with Crippen LogP contribution in [0.25, 0.3) is 0 Å². The van der Waals surface area contributed by atoms with Crippen molar-refractivity contribution in [3.8, 4) is 0 Å². The van der Waals surface area contributed by atoms with Crippen LogP contribution < -0.4 is 5.32 Å². The number of aliphatic hydroxyl groups is 1. The van der Waals surface area contributed by atoms with Gasteiger partial charge in [0.1, 0.15) is 0 Å². The van der Waals surface area contributed by atoms with Gasteiger partial charge in [0.2, 0.25) is 5.91 Å². The van der Waals surface area contributed by atoms with E-state index < -0.39 is 0 Å². The number of rotatable bonds is 6. The first-order valence-corrected chi connectivity index (χ1v) is 8.66. The van der Waals surface area contributed by atoms with E-state index in [-0.39, 0.29) is 30.1 Å².